The highest BCUT2D eigenvalue weighted by atomic mass is 16.2. The van der Waals surface area contributed by atoms with E-state index in [1.807, 2.05) is 77.7 Å². The molecular weight excluding hydrogens is 348 g/mol. The fourth-order valence-corrected chi connectivity index (χ4v) is 3.89. The third-order valence-corrected chi connectivity index (χ3v) is 5.41. The summed E-state index contributed by atoms with van der Waals surface area (Å²) in [5.74, 6) is -0.118. The van der Waals surface area contributed by atoms with E-state index in [4.69, 9.17) is 0 Å². The summed E-state index contributed by atoms with van der Waals surface area (Å²) in [4.78, 5) is 27.6. The topological polar surface area (TPSA) is 49.4 Å². The van der Waals surface area contributed by atoms with Gasteiger partial charge in [-0.05, 0) is 35.2 Å². The average molecular weight is 372 g/mol. The van der Waals surface area contributed by atoms with Crippen molar-refractivity contribution in [3.8, 4) is 0 Å². The van der Waals surface area contributed by atoms with E-state index in [0.29, 0.717) is 25.2 Å². The Labute approximate surface area is 165 Å². The highest BCUT2D eigenvalue weighted by Crippen LogP contribution is 2.23. The maximum Gasteiger partial charge on any atom is 0.254 e. The van der Waals surface area contributed by atoms with Crippen molar-refractivity contribution < 1.29 is 9.59 Å². The number of benzene rings is 3. The molecule has 1 N–H and O–H groups in total. The molecule has 4 rings (SSSR count). The van der Waals surface area contributed by atoms with Crippen LogP contribution >= 0.6 is 0 Å². The third kappa shape index (κ3) is 3.91. The van der Waals surface area contributed by atoms with Crippen LogP contribution in [0, 0.1) is 5.92 Å². The molecule has 28 heavy (non-hydrogen) atoms. The van der Waals surface area contributed by atoms with Crippen LogP contribution in [0.5, 0.6) is 0 Å². The second-order valence-electron chi connectivity index (χ2n) is 7.32. The molecule has 0 radical (unpaired) electrons. The number of likely N-dealkylation sites (tertiary alicyclic amines) is 1. The summed E-state index contributed by atoms with van der Waals surface area (Å²) in [6, 6.07) is 23.6. The van der Waals surface area contributed by atoms with Gasteiger partial charge in [0.1, 0.15) is 0 Å². The van der Waals surface area contributed by atoms with Gasteiger partial charge in [-0.1, -0.05) is 66.7 Å². The first-order valence-corrected chi connectivity index (χ1v) is 9.81. The van der Waals surface area contributed by atoms with Gasteiger partial charge in [0, 0.05) is 25.2 Å². The minimum atomic E-state index is -0.156. The van der Waals surface area contributed by atoms with Crippen molar-refractivity contribution in [1.29, 1.82) is 0 Å². The zero-order valence-corrected chi connectivity index (χ0v) is 15.8. The highest BCUT2D eigenvalue weighted by molar-refractivity contribution is 6.07. The quantitative estimate of drug-likeness (QED) is 0.752. The van der Waals surface area contributed by atoms with Crippen LogP contribution in [0.1, 0.15) is 28.8 Å². The van der Waals surface area contributed by atoms with Gasteiger partial charge in [0.2, 0.25) is 5.91 Å². The summed E-state index contributed by atoms with van der Waals surface area (Å²) in [6.45, 7) is 1.70. The van der Waals surface area contributed by atoms with Crippen LogP contribution in [-0.4, -0.2) is 29.8 Å². The first kappa shape index (κ1) is 18.2. The van der Waals surface area contributed by atoms with Gasteiger partial charge in [0.15, 0.2) is 0 Å². The maximum atomic E-state index is 13.2. The summed E-state index contributed by atoms with van der Waals surface area (Å²) in [6.07, 6.45) is 1.67. The normalized spacial score (nSPS) is 16.7. The van der Waals surface area contributed by atoms with Crippen LogP contribution in [0.15, 0.2) is 72.8 Å². The average Bonchev–Trinajstić information content (AvgIpc) is 2.77. The summed E-state index contributed by atoms with van der Waals surface area (Å²) in [7, 11) is 0. The lowest BCUT2D eigenvalue weighted by Crippen LogP contribution is -2.45. The van der Waals surface area contributed by atoms with Crippen LogP contribution in [0.3, 0.4) is 0 Å². The third-order valence-electron chi connectivity index (χ3n) is 5.41. The molecular formula is C24H24N2O2. The van der Waals surface area contributed by atoms with Crippen molar-refractivity contribution in [3.05, 3.63) is 83.9 Å². The Hall–Kier alpha value is -3.14. The molecule has 0 bridgehead atoms. The lowest BCUT2D eigenvalue weighted by Gasteiger charge is -2.32. The van der Waals surface area contributed by atoms with Crippen LogP contribution in [0.25, 0.3) is 10.8 Å². The van der Waals surface area contributed by atoms with E-state index in [2.05, 4.69) is 5.32 Å². The second kappa shape index (κ2) is 8.26. The molecule has 4 nitrogen and oxygen atoms in total. The van der Waals surface area contributed by atoms with Gasteiger partial charge in [0.05, 0.1) is 5.92 Å². The fraction of sp³-hybridized carbons (Fsp3) is 0.250. The first-order valence-electron chi connectivity index (χ1n) is 9.81. The van der Waals surface area contributed by atoms with E-state index >= 15 is 0 Å². The van der Waals surface area contributed by atoms with Gasteiger partial charge >= 0.3 is 0 Å². The molecule has 3 aromatic carbocycles. The number of nitrogens with zero attached hydrogens (tertiary/aromatic N) is 1. The molecule has 1 atom stereocenters. The largest absolute Gasteiger partial charge is 0.352 e. The Balaban J connectivity index is 1.44. The Morgan fingerprint density at radius 3 is 2.54 bits per heavy atom. The summed E-state index contributed by atoms with van der Waals surface area (Å²) < 4.78 is 0. The number of carbonyl (C=O) groups is 2. The Morgan fingerprint density at radius 2 is 1.68 bits per heavy atom. The van der Waals surface area contributed by atoms with Gasteiger partial charge in [-0.25, -0.2) is 0 Å². The minimum Gasteiger partial charge on any atom is -0.352 e. The van der Waals surface area contributed by atoms with Gasteiger partial charge < -0.3 is 10.2 Å². The molecule has 4 heteroatoms. The van der Waals surface area contributed by atoms with Crippen molar-refractivity contribution in [3.63, 3.8) is 0 Å². The summed E-state index contributed by atoms with van der Waals surface area (Å²) in [5.41, 5.74) is 1.79. The number of fused-ring (bicyclic) bond motifs is 1. The molecule has 0 aromatic heterocycles. The van der Waals surface area contributed by atoms with E-state index in [1.165, 1.54) is 0 Å². The molecule has 0 aliphatic carbocycles. The number of nitrogens with one attached hydrogen (secondary N) is 1. The predicted molar refractivity (Wildman–Crippen MR) is 111 cm³/mol. The van der Waals surface area contributed by atoms with Crippen LogP contribution in [-0.2, 0) is 11.3 Å². The molecule has 3 aromatic rings. The van der Waals surface area contributed by atoms with E-state index < -0.39 is 0 Å². The molecule has 1 aliphatic rings. The van der Waals surface area contributed by atoms with Crippen molar-refractivity contribution >= 4 is 22.6 Å². The van der Waals surface area contributed by atoms with Gasteiger partial charge in [-0.3, -0.25) is 9.59 Å². The van der Waals surface area contributed by atoms with Gasteiger partial charge in [-0.15, -0.1) is 0 Å². The molecule has 142 valence electrons. The molecule has 0 saturated carbocycles. The summed E-state index contributed by atoms with van der Waals surface area (Å²) >= 11 is 0. The van der Waals surface area contributed by atoms with E-state index in [0.717, 1.165) is 29.2 Å². The number of hydrogen-bond acceptors (Lipinski definition) is 2. The number of carbonyl (C=O) groups excluding carboxylic acids is 2. The van der Waals surface area contributed by atoms with Crippen LogP contribution in [0.4, 0.5) is 0 Å². The van der Waals surface area contributed by atoms with Crippen molar-refractivity contribution in [2.24, 2.45) is 5.92 Å². The Kier molecular flexibility index (Phi) is 5.38. The maximum absolute atomic E-state index is 13.2. The standard InChI is InChI=1S/C24H24N2O2/c27-23(25-16-18-8-2-1-3-9-18)20-12-7-15-26(17-20)24(28)22-14-6-11-19-10-4-5-13-21(19)22/h1-6,8-11,13-14,20H,7,12,15-17H2,(H,25,27). The first-order chi connectivity index (χ1) is 13.7. The molecule has 1 unspecified atom stereocenters. The number of rotatable bonds is 4. The molecule has 1 saturated heterocycles. The Morgan fingerprint density at radius 1 is 0.929 bits per heavy atom. The minimum absolute atomic E-state index is 0.0114. The van der Waals surface area contributed by atoms with Crippen molar-refractivity contribution in [2.45, 2.75) is 19.4 Å². The van der Waals surface area contributed by atoms with Crippen molar-refractivity contribution in [2.75, 3.05) is 13.1 Å². The second-order valence-corrected chi connectivity index (χ2v) is 7.32. The Bertz CT molecular complexity index is 979. The number of amides is 2. The molecule has 1 heterocycles. The van der Waals surface area contributed by atoms with E-state index in [1.54, 1.807) is 0 Å². The number of hydrogen-bond donors (Lipinski definition) is 1. The molecule has 0 spiro atoms. The van der Waals surface area contributed by atoms with Gasteiger partial charge in [0.25, 0.3) is 5.91 Å². The van der Waals surface area contributed by atoms with Gasteiger partial charge in [-0.2, -0.15) is 0 Å². The molecule has 2 amide bonds. The molecule has 1 fully saturated rings. The van der Waals surface area contributed by atoms with Crippen LogP contribution < -0.4 is 5.32 Å². The predicted octanol–water partition coefficient (Wildman–Crippen LogP) is 4.01. The summed E-state index contributed by atoms with van der Waals surface area (Å²) in [5, 5.41) is 5.04. The lowest BCUT2D eigenvalue weighted by molar-refractivity contribution is -0.126. The smallest absolute Gasteiger partial charge is 0.254 e. The van der Waals surface area contributed by atoms with E-state index in [-0.39, 0.29) is 17.7 Å². The van der Waals surface area contributed by atoms with Crippen molar-refractivity contribution in [1.82, 2.24) is 10.2 Å². The number of piperidine rings is 1. The van der Waals surface area contributed by atoms with E-state index in [9.17, 15) is 9.59 Å². The SMILES string of the molecule is O=C(NCc1ccccc1)C1CCCN(C(=O)c2cccc3ccccc23)C1. The monoisotopic (exact) mass is 372 g/mol. The zero-order chi connectivity index (χ0) is 19.3. The molecule has 1 aliphatic heterocycles. The lowest BCUT2D eigenvalue weighted by atomic mass is 9.95. The fourth-order valence-electron chi connectivity index (χ4n) is 3.89. The highest BCUT2D eigenvalue weighted by Gasteiger charge is 2.29. The zero-order valence-electron chi connectivity index (χ0n) is 15.8. The van der Waals surface area contributed by atoms with Crippen LogP contribution in [0.2, 0.25) is 0 Å².